The van der Waals surface area contributed by atoms with Crippen molar-refractivity contribution in [3.8, 4) is 28.5 Å². The van der Waals surface area contributed by atoms with E-state index in [0.29, 0.717) is 17.2 Å². The summed E-state index contributed by atoms with van der Waals surface area (Å²) < 4.78 is 18.4. The number of benzene rings is 2. The van der Waals surface area contributed by atoms with Crippen LogP contribution in [-0.4, -0.2) is 42.2 Å². The van der Waals surface area contributed by atoms with E-state index in [1.807, 2.05) is 35.0 Å². The van der Waals surface area contributed by atoms with Gasteiger partial charge in [-0.05, 0) is 30.5 Å². The van der Waals surface area contributed by atoms with Gasteiger partial charge in [0.25, 0.3) is 0 Å². The van der Waals surface area contributed by atoms with Gasteiger partial charge in [-0.25, -0.2) is 9.97 Å². The third-order valence-electron chi connectivity index (χ3n) is 5.17. The summed E-state index contributed by atoms with van der Waals surface area (Å²) in [6.07, 6.45) is 7.54. The maximum absolute atomic E-state index is 5.50. The fourth-order valence-electron chi connectivity index (χ4n) is 3.63. The molecule has 0 spiro atoms. The zero-order valence-electron chi connectivity index (χ0n) is 18.0. The quantitative estimate of drug-likeness (QED) is 0.405. The number of ether oxygens (including phenoxy) is 3. The minimum atomic E-state index is 0.556. The third kappa shape index (κ3) is 4.26. The lowest BCUT2D eigenvalue weighted by molar-refractivity contribution is 0.324. The molecule has 0 bridgehead atoms. The number of rotatable bonds is 9. The van der Waals surface area contributed by atoms with Gasteiger partial charge in [-0.3, -0.25) is 4.40 Å². The van der Waals surface area contributed by atoms with Crippen LogP contribution in [0.2, 0.25) is 0 Å². The number of aryl methyl sites for hydroxylation is 1. The molecule has 4 aromatic rings. The van der Waals surface area contributed by atoms with E-state index in [-0.39, 0.29) is 0 Å². The Hall–Kier alpha value is -3.74. The Labute approximate surface area is 181 Å². The first-order chi connectivity index (χ1) is 15.2. The largest absolute Gasteiger partial charge is 0.493 e. The predicted octanol–water partition coefficient (Wildman–Crippen LogP) is 4.47. The lowest BCUT2D eigenvalue weighted by atomic mass is 10.1. The van der Waals surface area contributed by atoms with Crippen LogP contribution in [0.5, 0.6) is 17.2 Å². The zero-order chi connectivity index (χ0) is 21.6. The molecule has 0 aliphatic carbocycles. The molecular formula is C24H26N4O3. The Balaban J connectivity index is 1.58. The van der Waals surface area contributed by atoms with Crippen molar-refractivity contribution in [1.29, 1.82) is 0 Å². The number of hydrogen-bond donors (Lipinski definition) is 1. The summed E-state index contributed by atoms with van der Waals surface area (Å²) in [5.74, 6) is 2.50. The van der Waals surface area contributed by atoms with Crippen molar-refractivity contribution in [2.45, 2.75) is 12.8 Å². The normalized spacial score (nSPS) is 10.8. The van der Waals surface area contributed by atoms with Gasteiger partial charge in [0.1, 0.15) is 0 Å². The van der Waals surface area contributed by atoms with Crippen molar-refractivity contribution in [3.63, 3.8) is 0 Å². The standard InChI is InChI=1S/C24H26N4O3/c1-29-20-14-18(15-21(30-2)22(20)31-3)19-16-27-23(24-26-12-13-28(19)24)25-11-7-10-17-8-5-4-6-9-17/h4-6,8-9,12-16H,7,10-11H2,1-3H3,(H,25,27). The molecule has 0 amide bonds. The summed E-state index contributed by atoms with van der Waals surface area (Å²) >= 11 is 0. The van der Waals surface area contributed by atoms with Crippen LogP contribution >= 0.6 is 0 Å². The average molecular weight is 418 g/mol. The third-order valence-corrected chi connectivity index (χ3v) is 5.17. The van der Waals surface area contributed by atoms with E-state index in [1.165, 1.54) is 5.56 Å². The number of nitrogens with one attached hydrogen (secondary N) is 1. The van der Waals surface area contributed by atoms with Crippen molar-refractivity contribution in [2.75, 3.05) is 33.2 Å². The van der Waals surface area contributed by atoms with Crippen molar-refractivity contribution in [3.05, 3.63) is 66.6 Å². The number of anilines is 1. The first-order valence-corrected chi connectivity index (χ1v) is 10.2. The predicted molar refractivity (Wildman–Crippen MR) is 121 cm³/mol. The van der Waals surface area contributed by atoms with Gasteiger partial charge in [-0.2, -0.15) is 0 Å². The Bertz CT molecular complexity index is 1130. The molecule has 0 fully saturated rings. The first-order valence-electron chi connectivity index (χ1n) is 10.2. The minimum absolute atomic E-state index is 0.556. The molecule has 160 valence electrons. The van der Waals surface area contributed by atoms with Crippen LogP contribution in [0.1, 0.15) is 12.0 Å². The number of methoxy groups -OCH3 is 3. The van der Waals surface area contributed by atoms with E-state index in [2.05, 4.69) is 39.6 Å². The van der Waals surface area contributed by atoms with Gasteiger partial charge in [0, 0.05) is 24.5 Å². The summed E-state index contributed by atoms with van der Waals surface area (Å²) in [5.41, 5.74) is 3.87. The highest BCUT2D eigenvalue weighted by molar-refractivity contribution is 5.73. The molecule has 7 nitrogen and oxygen atoms in total. The van der Waals surface area contributed by atoms with Gasteiger partial charge in [-0.1, -0.05) is 30.3 Å². The molecule has 0 radical (unpaired) electrons. The molecule has 2 heterocycles. The van der Waals surface area contributed by atoms with Crippen LogP contribution < -0.4 is 19.5 Å². The van der Waals surface area contributed by atoms with E-state index >= 15 is 0 Å². The van der Waals surface area contributed by atoms with Gasteiger partial charge in [0.2, 0.25) is 5.75 Å². The molecule has 0 saturated heterocycles. The fraction of sp³-hybridized carbons (Fsp3) is 0.250. The lowest BCUT2D eigenvalue weighted by Gasteiger charge is -2.15. The molecule has 0 aliphatic heterocycles. The highest BCUT2D eigenvalue weighted by Gasteiger charge is 2.17. The van der Waals surface area contributed by atoms with E-state index in [9.17, 15) is 0 Å². The lowest BCUT2D eigenvalue weighted by Crippen LogP contribution is -2.07. The Morgan fingerprint density at radius 1 is 0.935 bits per heavy atom. The summed E-state index contributed by atoms with van der Waals surface area (Å²) in [6, 6.07) is 14.3. The molecule has 2 aromatic carbocycles. The molecule has 7 heteroatoms. The number of imidazole rings is 1. The summed E-state index contributed by atoms with van der Waals surface area (Å²) in [6.45, 7) is 0.813. The van der Waals surface area contributed by atoms with Crippen molar-refractivity contribution >= 4 is 11.5 Å². The van der Waals surface area contributed by atoms with Crippen molar-refractivity contribution < 1.29 is 14.2 Å². The number of hydrogen-bond acceptors (Lipinski definition) is 6. The fourth-order valence-corrected chi connectivity index (χ4v) is 3.63. The van der Waals surface area contributed by atoms with Gasteiger partial charge in [-0.15, -0.1) is 0 Å². The summed E-state index contributed by atoms with van der Waals surface area (Å²) in [7, 11) is 4.80. The molecule has 1 N–H and O–H groups in total. The topological polar surface area (TPSA) is 69.9 Å². The molecular weight excluding hydrogens is 392 g/mol. The van der Waals surface area contributed by atoms with Crippen molar-refractivity contribution in [2.24, 2.45) is 0 Å². The molecule has 4 rings (SSSR count). The minimum Gasteiger partial charge on any atom is -0.493 e. The van der Waals surface area contributed by atoms with Crippen LogP contribution in [-0.2, 0) is 6.42 Å². The number of fused-ring (bicyclic) bond motifs is 1. The molecule has 2 aromatic heterocycles. The average Bonchev–Trinajstić information content (AvgIpc) is 3.31. The van der Waals surface area contributed by atoms with Crippen LogP contribution in [0.25, 0.3) is 16.9 Å². The Morgan fingerprint density at radius 2 is 1.68 bits per heavy atom. The van der Waals surface area contributed by atoms with Crippen LogP contribution in [0.3, 0.4) is 0 Å². The number of aromatic nitrogens is 3. The monoisotopic (exact) mass is 418 g/mol. The first kappa shape index (κ1) is 20.5. The van der Waals surface area contributed by atoms with Crippen LogP contribution in [0, 0.1) is 0 Å². The Kier molecular flexibility index (Phi) is 6.21. The van der Waals surface area contributed by atoms with E-state index in [4.69, 9.17) is 14.2 Å². The molecule has 0 saturated carbocycles. The van der Waals surface area contributed by atoms with Crippen LogP contribution in [0.15, 0.2) is 61.1 Å². The smallest absolute Gasteiger partial charge is 0.203 e. The second-order valence-electron chi connectivity index (χ2n) is 7.04. The van der Waals surface area contributed by atoms with Gasteiger partial charge >= 0.3 is 0 Å². The van der Waals surface area contributed by atoms with Crippen molar-refractivity contribution in [1.82, 2.24) is 14.4 Å². The van der Waals surface area contributed by atoms with E-state index in [0.717, 1.165) is 42.1 Å². The zero-order valence-corrected chi connectivity index (χ0v) is 18.0. The molecule has 31 heavy (non-hydrogen) atoms. The SMILES string of the molecule is COc1cc(-c2cnc(NCCCc3ccccc3)c3nccn23)cc(OC)c1OC. The summed E-state index contributed by atoms with van der Waals surface area (Å²) in [4.78, 5) is 9.16. The van der Waals surface area contributed by atoms with Gasteiger partial charge in [0.15, 0.2) is 23.0 Å². The molecule has 0 unspecified atom stereocenters. The molecule has 0 aliphatic rings. The molecule has 0 atom stereocenters. The van der Waals surface area contributed by atoms with Gasteiger partial charge < -0.3 is 19.5 Å². The maximum atomic E-state index is 5.50. The van der Waals surface area contributed by atoms with Gasteiger partial charge in [0.05, 0.1) is 33.2 Å². The number of nitrogens with zero attached hydrogens (tertiary/aromatic N) is 3. The second kappa shape index (κ2) is 9.38. The Morgan fingerprint density at radius 3 is 2.35 bits per heavy atom. The van der Waals surface area contributed by atoms with E-state index in [1.54, 1.807) is 27.5 Å². The van der Waals surface area contributed by atoms with Crippen LogP contribution in [0.4, 0.5) is 5.82 Å². The maximum Gasteiger partial charge on any atom is 0.203 e. The highest BCUT2D eigenvalue weighted by atomic mass is 16.5. The highest BCUT2D eigenvalue weighted by Crippen LogP contribution is 2.41. The van der Waals surface area contributed by atoms with E-state index < -0.39 is 0 Å². The second-order valence-corrected chi connectivity index (χ2v) is 7.04. The summed E-state index contributed by atoms with van der Waals surface area (Å²) in [5, 5.41) is 3.42.